The van der Waals surface area contributed by atoms with E-state index in [1.54, 1.807) is 39.0 Å². The van der Waals surface area contributed by atoms with Crippen LogP contribution in [0.2, 0.25) is 0 Å². The van der Waals surface area contributed by atoms with Crippen LogP contribution in [0.5, 0.6) is 5.75 Å². The number of thiazole rings is 1. The SMILES string of the molecule is CC(C)(C)OC(=O)Nc1nc2cc(O)ccc2s1. The van der Waals surface area contributed by atoms with Crippen LogP contribution in [-0.4, -0.2) is 21.8 Å². The third kappa shape index (κ3) is 3.10. The number of anilines is 1. The number of rotatable bonds is 1. The number of aromatic hydroxyl groups is 1. The maximum Gasteiger partial charge on any atom is 0.413 e. The number of aromatic nitrogens is 1. The summed E-state index contributed by atoms with van der Waals surface area (Å²) in [6.07, 6.45) is -0.536. The average molecular weight is 266 g/mol. The molecule has 0 radical (unpaired) electrons. The summed E-state index contributed by atoms with van der Waals surface area (Å²) in [5, 5.41) is 12.3. The number of fused-ring (bicyclic) bond motifs is 1. The van der Waals surface area contributed by atoms with Crippen LogP contribution in [0.4, 0.5) is 9.93 Å². The molecule has 0 aliphatic carbocycles. The third-order valence-electron chi connectivity index (χ3n) is 1.98. The first kappa shape index (κ1) is 12.6. The molecule has 0 bridgehead atoms. The molecule has 0 aliphatic rings. The minimum Gasteiger partial charge on any atom is -0.508 e. The third-order valence-corrected chi connectivity index (χ3v) is 2.93. The normalized spacial score (nSPS) is 11.5. The van der Waals surface area contributed by atoms with Gasteiger partial charge in [-0.3, -0.25) is 5.32 Å². The van der Waals surface area contributed by atoms with E-state index in [2.05, 4.69) is 10.3 Å². The van der Waals surface area contributed by atoms with Gasteiger partial charge in [0.15, 0.2) is 5.13 Å². The lowest BCUT2D eigenvalue weighted by Gasteiger charge is -2.18. The first-order valence-electron chi connectivity index (χ1n) is 5.43. The van der Waals surface area contributed by atoms with E-state index in [4.69, 9.17) is 4.74 Å². The van der Waals surface area contributed by atoms with Crippen molar-refractivity contribution >= 4 is 32.8 Å². The average Bonchev–Trinajstić information content (AvgIpc) is 2.55. The first-order valence-corrected chi connectivity index (χ1v) is 6.25. The fourth-order valence-electron chi connectivity index (χ4n) is 1.36. The summed E-state index contributed by atoms with van der Waals surface area (Å²) in [6, 6.07) is 4.88. The van der Waals surface area contributed by atoms with Crippen molar-refractivity contribution in [2.45, 2.75) is 26.4 Å². The number of benzene rings is 1. The lowest BCUT2D eigenvalue weighted by Crippen LogP contribution is -2.27. The van der Waals surface area contributed by atoms with Crippen molar-refractivity contribution in [2.24, 2.45) is 0 Å². The standard InChI is InChI=1S/C12H14N2O3S/c1-12(2,3)17-11(16)14-10-13-8-6-7(15)4-5-9(8)18-10/h4-6,15H,1-3H3,(H,13,14,16). The Kier molecular flexibility index (Phi) is 3.13. The smallest absolute Gasteiger partial charge is 0.413 e. The highest BCUT2D eigenvalue weighted by Gasteiger charge is 2.17. The molecule has 0 unspecified atom stereocenters. The Morgan fingerprint density at radius 3 is 2.83 bits per heavy atom. The molecule has 0 atom stereocenters. The Morgan fingerprint density at radius 2 is 2.17 bits per heavy atom. The van der Waals surface area contributed by atoms with Crippen molar-refractivity contribution in [2.75, 3.05) is 5.32 Å². The summed E-state index contributed by atoms with van der Waals surface area (Å²) in [4.78, 5) is 15.7. The van der Waals surface area contributed by atoms with Gasteiger partial charge in [0, 0.05) is 6.07 Å². The summed E-state index contributed by atoms with van der Waals surface area (Å²) in [5.41, 5.74) is 0.102. The Bertz CT molecular complexity index is 587. The first-order chi connectivity index (χ1) is 8.33. The van der Waals surface area contributed by atoms with Gasteiger partial charge in [-0.1, -0.05) is 11.3 Å². The Hall–Kier alpha value is -1.82. The molecule has 2 rings (SSSR count). The van der Waals surface area contributed by atoms with Gasteiger partial charge < -0.3 is 9.84 Å². The molecule has 0 aliphatic heterocycles. The summed E-state index contributed by atoms with van der Waals surface area (Å²) in [6.45, 7) is 5.38. The zero-order chi connectivity index (χ0) is 13.3. The van der Waals surface area contributed by atoms with E-state index in [0.717, 1.165) is 4.70 Å². The molecule has 1 heterocycles. The van der Waals surface area contributed by atoms with Crippen LogP contribution in [0, 0.1) is 0 Å². The summed E-state index contributed by atoms with van der Waals surface area (Å²) >= 11 is 1.33. The van der Waals surface area contributed by atoms with Gasteiger partial charge >= 0.3 is 6.09 Å². The van der Waals surface area contributed by atoms with Crippen molar-refractivity contribution in [3.8, 4) is 5.75 Å². The van der Waals surface area contributed by atoms with Crippen molar-refractivity contribution in [1.82, 2.24) is 4.98 Å². The topological polar surface area (TPSA) is 71.5 Å². The van der Waals surface area contributed by atoms with Crippen LogP contribution >= 0.6 is 11.3 Å². The number of hydrogen-bond acceptors (Lipinski definition) is 5. The number of phenols is 1. The molecule has 1 amide bonds. The fraction of sp³-hybridized carbons (Fsp3) is 0.333. The number of phenolic OH excluding ortho intramolecular Hbond substituents is 1. The van der Waals surface area contributed by atoms with Crippen LogP contribution in [0.15, 0.2) is 18.2 Å². The highest BCUT2D eigenvalue weighted by molar-refractivity contribution is 7.22. The van der Waals surface area contributed by atoms with E-state index in [0.29, 0.717) is 10.6 Å². The molecule has 5 nitrogen and oxygen atoms in total. The molecule has 2 aromatic rings. The van der Waals surface area contributed by atoms with Gasteiger partial charge in [0.2, 0.25) is 0 Å². The van der Waals surface area contributed by atoms with E-state index < -0.39 is 11.7 Å². The van der Waals surface area contributed by atoms with E-state index >= 15 is 0 Å². The van der Waals surface area contributed by atoms with Crippen LogP contribution in [0.25, 0.3) is 10.2 Å². The summed E-state index contributed by atoms with van der Waals surface area (Å²) < 4.78 is 6.02. The van der Waals surface area contributed by atoms with Gasteiger partial charge in [-0.05, 0) is 32.9 Å². The quantitative estimate of drug-likeness (QED) is 0.830. The second-order valence-electron chi connectivity index (χ2n) is 4.80. The highest BCUT2D eigenvalue weighted by Crippen LogP contribution is 2.28. The minimum absolute atomic E-state index is 0.150. The highest BCUT2D eigenvalue weighted by atomic mass is 32.1. The van der Waals surface area contributed by atoms with Crippen molar-refractivity contribution in [3.63, 3.8) is 0 Å². The molecule has 6 heteroatoms. The molecule has 1 aromatic carbocycles. The molecular formula is C12H14N2O3S. The second kappa shape index (κ2) is 4.45. The van der Waals surface area contributed by atoms with Crippen LogP contribution in [-0.2, 0) is 4.74 Å². The predicted octanol–water partition coefficient (Wildman–Crippen LogP) is 3.35. The van der Waals surface area contributed by atoms with Gasteiger partial charge in [-0.25, -0.2) is 9.78 Å². The molecule has 0 fully saturated rings. The predicted molar refractivity (Wildman–Crippen MR) is 71.1 cm³/mol. The minimum atomic E-state index is -0.543. The number of carbonyl (C=O) groups excluding carboxylic acids is 1. The van der Waals surface area contributed by atoms with Crippen LogP contribution in [0.3, 0.4) is 0 Å². The number of amides is 1. The molecule has 18 heavy (non-hydrogen) atoms. The Balaban J connectivity index is 2.15. The fourth-order valence-corrected chi connectivity index (χ4v) is 2.19. The lowest BCUT2D eigenvalue weighted by atomic mass is 10.2. The van der Waals surface area contributed by atoms with E-state index in [1.807, 2.05) is 0 Å². The molecule has 0 saturated carbocycles. The number of ether oxygens (including phenoxy) is 1. The molecule has 96 valence electrons. The Labute approximate surface area is 108 Å². The van der Waals surface area contributed by atoms with E-state index in [9.17, 15) is 9.90 Å². The van der Waals surface area contributed by atoms with Crippen molar-refractivity contribution < 1.29 is 14.6 Å². The van der Waals surface area contributed by atoms with Crippen molar-refractivity contribution in [3.05, 3.63) is 18.2 Å². The van der Waals surface area contributed by atoms with Crippen molar-refractivity contribution in [1.29, 1.82) is 0 Å². The van der Waals surface area contributed by atoms with Crippen LogP contribution in [0.1, 0.15) is 20.8 Å². The monoisotopic (exact) mass is 266 g/mol. The lowest BCUT2D eigenvalue weighted by molar-refractivity contribution is 0.0636. The molecule has 0 saturated heterocycles. The maximum atomic E-state index is 11.6. The number of nitrogens with one attached hydrogen (secondary N) is 1. The van der Waals surface area contributed by atoms with Crippen LogP contribution < -0.4 is 5.32 Å². The van der Waals surface area contributed by atoms with E-state index in [1.165, 1.54) is 11.3 Å². The Morgan fingerprint density at radius 1 is 1.44 bits per heavy atom. The zero-order valence-electron chi connectivity index (χ0n) is 10.4. The van der Waals surface area contributed by atoms with Gasteiger partial charge in [-0.2, -0.15) is 0 Å². The molecule has 1 aromatic heterocycles. The van der Waals surface area contributed by atoms with E-state index in [-0.39, 0.29) is 5.75 Å². The number of hydrogen-bond donors (Lipinski definition) is 2. The number of carbonyl (C=O) groups is 1. The van der Waals surface area contributed by atoms with Gasteiger partial charge in [0.25, 0.3) is 0 Å². The maximum absolute atomic E-state index is 11.6. The molecule has 2 N–H and O–H groups in total. The second-order valence-corrected chi connectivity index (χ2v) is 5.83. The van der Waals surface area contributed by atoms with Gasteiger partial charge in [-0.15, -0.1) is 0 Å². The summed E-state index contributed by atoms with van der Waals surface area (Å²) in [7, 11) is 0. The molecule has 0 spiro atoms. The largest absolute Gasteiger partial charge is 0.508 e. The van der Waals surface area contributed by atoms with Gasteiger partial charge in [0.1, 0.15) is 11.4 Å². The molecular weight excluding hydrogens is 252 g/mol. The van der Waals surface area contributed by atoms with Gasteiger partial charge in [0.05, 0.1) is 10.2 Å². The number of nitrogens with zero attached hydrogens (tertiary/aromatic N) is 1. The zero-order valence-corrected chi connectivity index (χ0v) is 11.2. The summed E-state index contributed by atoms with van der Waals surface area (Å²) in [5.74, 6) is 0.150.